The van der Waals surface area contributed by atoms with E-state index >= 15 is 0 Å². The lowest BCUT2D eigenvalue weighted by molar-refractivity contribution is 0.0939. The van der Waals surface area contributed by atoms with Crippen LogP contribution in [-0.4, -0.2) is 10.9 Å². The van der Waals surface area contributed by atoms with Gasteiger partial charge in [0, 0.05) is 9.35 Å². The van der Waals surface area contributed by atoms with Gasteiger partial charge in [0.2, 0.25) is 0 Å². The Morgan fingerprint density at radius 3 is 2.71 bits per heavy atom. The zero-order chi connectivity index (χ0) is 15.7. The van der Waals surface area contributed by atoms with Crippen molar-refractivity contribution in [1.82, 2.24) is 10.3 Å². The van der Waals surface area contributed by atoms with Gasteiger partial charge in [-0.05, 0) is 48.8 Å². The molecule has 0 bridgehead atoms. The fourth-order valence-corrected chi connectivity index (χ4v) is 3.45. The molecule has 0 radical (unpaired) electrons. The van der Waals surface area contributed by atoms with Crippen LogP contribution in [0.3, 0.4) is 0 Å². The number of nitrogens with two attached hydrogens (primary N) is 1. The minimum Gasteiger partial charge on any atom is -0.396 e. The summed E-state index contributed by atoms with van der Waals surface area (Å²) in [6.07, 6.45) is 0. The Kier molecular flexibility index (Phi) is 4.63. The van der Waals surface area contributed by atoms with E-state index in [0.717, 1.165) is 15.6 Å². The molecule has 1 atom stereocenters. The second-order valence-electron chi connectivity index (χ2n) is 4.73. The van der Waals surface area contributed by atoms with Crippen LogP contribution in [0.25, 0.3) is 0 Å². The second kappa shape index (κ2) is 6.11. The highest BCUT2D eigenvalue weighted by Gasteiger charge is 2.19. The Bertz CT molecular complexity index is 702. The van der Waals surface area contributed by atoms with Crippen molar-refractivity contribution in [2.24, 2.45) is 0 Å². The first-order valence-electron chi connectivity index (χ1n) is 6.29. The van der Waals surface area contributed by atoms with Gasteiger partial charge in [-0.15, -0.1) is 11.3 Å². The van der Waals surface area contributed by atoms with Gasteiger partial charge in [0.05, 0.1) is 28.0 Å². The summed E-state index contributed by atoms with van der Waals surface area (Å²) in [5.74, 6) is -0.869. The lowest BCUT2D eigenvalue weighted by atomic mass is 10.1. The van der Waals surface area contributed by atoms with Gasteiger partial charge in [0.1, 0.15) is 5.82 Å². The maximum Gasteiger partial charge on any atom is 0.253 e. The SMILES string of the molecule is Cc1nc(C)c(C(C)NC(=O)c2cc(N)c(F)cc2Br)s1. The van der Waals surface area contributed by atoms with Crippen LogP contribution in [0.4, 0.5) is 10.1 Å². The van der Waals surface area contributed by atoms with Gasteiger partial charge in [-0.1, -0.05) is 0 Å². The molecule has 21 heavy (non-hydrogen) atoms. The number of benzene rings is 1. The van der Waals surface area contributed by atoms with E-state index in [1.54, 1.807) is 11.3 Å². The molecule has 0 aliphatic rings. The molecule has 1 amide bonds. The average Bonchev–Trinajstić information content (AvgIpc) is 2.72. The van der Waals surface area contributed by atoms with Gasteiger partial charge in [-0.2, -0.15) is 0 Å². The number of nitrogen functional groups attached to an aromatic ring is 1. The molecule has 0 aliphatic carbocycles. The Morgan fingerprint density at radius 1 is 1.48 bits per heavy atom. The molecule has 2 aromatic rings. The predicted octanol–water partition coefficient (Wildman–Crippen LogP) is 3.73. The topological polar surface area (TPSA) is 68.0 Å². The van der Waals surface area contributed by atoms with E-state index in [1.807, 2.05) is 20.8 Å². The molecule has 1 heterocycles. The summed E-state index contributed by atoms with van der Waals surface area (Å²) in [5.41, 5.74) is 6.67. The standard InChI is InChI=1S/C14H15BrFN3OS/c1-6-13(21-8(3)18-6)7(2)19-14(20)9-4-12(17)11(16)5-10(9)15/h4-5,7H,17H2,1-3H3,(H,19,20). The monoisotopic (exact) mass is 371 g/mol. The van der Waals surface area contributed by atoms with E-state index < -0.39 is 5.82 Å². The first-order valence-corrected chi connectivity index (χ1v) is 7.90. The van der Waals surface area contributed by atoms with Crippen LogP contribution in [0, 0.1) is 19.7 Å². The van der Waals surface area contributed by atoms with Crippen LogP contribution < -0.4 is 11.1 Å². The maximum atomic E-state index is 13.3. The van der Waals surface area contributed by atoms with Gasteiger partial charge in [0.25, 0.3) is 5.91 Å². The van der Waals surface area contributed by atoms with Crippen molar-refractivity contribution in [2.75, 3.05) is 5.73 Å². The number of amides is 1. The molecule has 1 unspecified atom stereocenters. The average molecular weight is 372 g/mol. The number of hydrogen-bond acceptors (Lipinski definition) is 4. The van der Waals surface area contributed by atoms with Crippen LogP contribution >= 0.6 is 27.3 Å². The van der Waals surface area contributed by atoms with Gasteiger partial charge in [-0.3, -0.25) is 4.79 Å². The van der Waals surface area contributed by atoms with Crippen molar-refractivity contribution in [3.05, 3.63) is 43.6 Å². The number of anilines is 1. The predicted molar refractivity (Wildman–Crippen MR) is 86.0 cm³/mol. The summed E-state index contributed by atoms with van der Waals surface area (Å²) in [6.45, 7) is 5.72. The summed E-state index contributed by atoms with van der Waals surface area (Å²) in [7, 11) is 0. The van der Waals surface area contributed by atoms with Crippen LogP contribution in [0.2, 0.25) is 0 Å². The van der Waals surface area contributed by atoms with Crippen molar-refractivity contribution >= 4 is 38.9 Å². The molecule has 0 saturated heterocycles. The Morgan fingerprint density at radius 2 is 2.14 bits per heavy atom. The van der Waals surface area contributed by atoms with Crippen molar-refractivity contribution in [2.45, 2.75) is 26.8 Å². The first kappa shape index (κ1) is 15.9. The summed E-state index contributed by atoms with van der Waals surface area (Å²) < 4.78 is 13.7. The van der Waals surface area contributed by atoms with Crippen molar-refractivity contribution in [1.29, 1.82) is 0 Å². The number of carbonyl (C=O) groups is 1. The number of nitrogens with one attached hydrogen (secondary N) is 1. The molecule has 7 heteroatoms. The van der Waals surface area contributed by atoms with Gasteiger partial charge >= 0.3 is 0 Å². The zero-order valence-corrected chi connectivity index (χ0v) is 14.2. The highest BCUT2D eigenvalue weighted by atomic mass is 79.9. The number of hydrogen-bond donors (Lipinski definition) is 2. The third kappa shape index (κ3) is 3.41. The minimum absolute atomic E-state index is 0.0548. The van der Waals surface area contributed by atoms with E-state index in [4.69, 9.17) is 5.73 Å². The number of aryl methyl sites for hydroxylation is 2. The highest BCUT2D eigenvalue weighted by molar-refractivity contribution is 9.10. The summed E-state index contributed by atoms with van der Waals surface area (Å²) in [5, 5.41) is 3.83. The van der Waals surface area contributed by atoms with Gasteiger partial charge in [-0.25, -0.2) is 9.37 Å². The fourth-order valence-electron chi connectivity index (χ4n) is 2.03. The number of thiazole rings is 1. The molecule has 4 nitrogen and oxygen atoms in total. The molecule has 0 spiro atoms. The minimum atomic E-state index is -0.555. The molecule has 3 N–H and O–H groups in total. The number of nitrogens with zero attached hydrogens (tertiary/aromatic N) is 1. The molecular formula is C14H15BrFN3OS. The number of aromatic nitrogens is 1. The lowest BCUT2D eigenvalue weighted by Crippen LogP contribution is -2.27. The van der Waals surface area contributed by atoms with Gasteiger partial charge in [0.15, 0.2) is 0 Å². The Labute approximate surface area is 134 Å². The lowest BCUT2D eigenvalue weighted by Gasteiger charge is -2.14. The third-order valence-electron chi connectivity index (χ3n) is 3.01. The quantitative estimate of drug-likeness (QED) is 0.807. The number of carbonyl (C=O) groups excluding carboxylic acids is 1. The van der Waals surface area contributed by atoms with Gasteiger partial charge < -0.3 is 11.1 Å². The number of rotatable bonds is 3. The molecule has 0 saturated carbocycles. The normalized spacial score (nSPS) is 12.2. The van der Waals surface area contributed by atoms with E-state index in [2.05, 4.69) is 26.2 Å². The van der Waals surface area contributed by atoms with E-state index in [9.17, 15) is 9.18 Å². The molecule has 1 aromatic carbocycles. The maximum absolute atomic E-state index is 13.3. The summed E-state index contributed by atoms with van der Waals surface area (Å²) in [6, 6.07) is 2.34. The molecule has 1 aromatic heterocycles. The van der Waals surface area contributed by atoms with Crippen molar-refractivity contribution < 1.29 is 9.18 Å². The summed E-state index contributed by atoms with van der Waals surface area (Å²) >= 11 is 4.73. The molecular weight excluding hydrogens is 357 g/mol. The zero-order valence-electron chi connectivity index (χ0n) is 11.8. The van der Waals surface area contributed by atoms with Crippen LogP contribution in [0.1, 0.15) is 38.9 Å². The van der Waals surface area contributed by atoms with Crippen molar-refractivity contribution in [3.8, 4) is 0 Å². The second-order valence-corrected chi connectivity index (χ2v) is 6.82. The van der Waals surface area contributed by atoms with Crippen LogP contribution in [-0.2, 0) is 0 Å². The van der Waals surface area contributed by atoms with E-state index in [0.29, 0.717) is 10.0 Å². The molecule has 112 valence electrons. The van der Waals surface area contributed by atoms with Crippen LogP contribution in [0.5, 0.6) is 0 Å². The van der Waals surface area contributed by atoms with Crippen molar-refractivity contribution in [3.63, 3.8) is 0 Å². The Balaban J connectivity index is 2.22. The molecule has 2 rings (SSSR count). The number of halogens is 2. The Hall–Kier alpha value is -1.47. The van der Waals surface area contributed by atoms with E-state index in [1.165, 1.54) is 12.1 Å². The molecule has 0 aliphatic heterocycles. The molecule has 0 fully saturated rings. The fraction of sp³-hybridized carbons (Fsp3) is 0.286. The highest BCUT2D eigenvalue weighted by Crippen LogP contribution is 2.26. The first-order chi connectivity index (χ1) is 9.79. The smallest absolute Gasteiger partial charge is 0.253 e. The third-order valence-corrected chi connectivity index (χ3v) is 4.92. The van der Waals surface area contributed by atoms with E-state index in [-0.39, 0.29) is 17.6 Å². The van der Waals surface area contributed by atoms with Crippen LogP contribution in [0.15, 0.2) is 16.6 Å². The largest absolute Gasteiger partial charge is 0.396 e. The summed E-state index contributed by atoms with van der Waals surface area (Å²) in [4.78, 5) is 17.6.